The third-order valence-corrected chi connectivity index (χ3v) is 8.90. The first-order valence-corrected chi connectivity index (χ1v) is 13.8. The second-order valence-corrected chi connectivity index (χ2v) is 12.4. The Hall–Kier alpha value is -1.89. The van der Waals surface area contributed by atoms with Gasteiger partial charge in [0.05, 0.1) is 0 Å². The van der Waals surface area contributed by atoms with Crippen LogP contribution < -0.4 is 0 Å². The van der Waals surface area contributed by atoms with Gasteiger partial charge in [-0.25, -0.2) is 4.39 Å². The fourth-order valence-corrected chi connectivity index (χ4v) is 4.66. The van der Waals surface area contributed by atoms with Crippen molar-refractivity contribution in [2.75, 3.05) is 0 Å². The lowest BCUT2D eigenvalue weighted by Crippen LogP contribution is -2.35. The summed E-state index contributed by atoms with van der Waals surface area (Å²) in [7, 11) is 0. The fourth-order valence-electron chi connectivity index (χ4n) is 4.66. The number of hydrogen-bond donors (Lipinski definition) is 0. The standard InChI is InChI=1S/C34H51F/c1-11-33(9,12-2)22-20-29-19-17-26(4)31(24-29)27(5)30-23-28(18-16-25(30)3)15-13-14-21-34(10,35)32(6,7)8/h16-19,23-24H,5,11-15,20-22H2,1-4,6-10H3. The summed E-state index contributed by atoms with van der Waals surface area (Å²) < 4.78 is 15.0. The van der Waals surface area contributed by atoms with Crippen LogP contribution in [0, 0.1) is 24.7 Å². The maximum absolute atomic E-state index is 15.0. The molecule has 0 nitrogen and oxygen atoms in total. The van der Waals surface area contributed by atoms with Gasteiger partial charge in [-0.2, -0.15) is 0 Å². The lowest BCUT2D eigenvalue weighted by atomic mass is 9.76. The minimum atomic E-state index is -1.13. The molecule has 0 saturated carbocycles. The fraction of sp³-hybridized carbons (Fsp3) is 0.588. The number of hydrogen-bond acceptors (Lipinski definition) is 0. The van der Waals surface area contributed by atoms with E-state index in [9.17, 15) is 4.39 Å². The number of rotatable bonds is 12. The Balaban J connectivity index is 2.14. The summed E-state index contributed by atoms with van der Waals surface area (Å²) in [5, 5.41) is 0. The van der Waals surface area contributed by atoms with Crippen LogP contribution in [0.15, 0.2) is 43.0 Å². The van der Waals surface area contributed by atoms with E-state index in [1.165, 1.54) is 52.6 Å². The van der Waals surface area contributed by atoms with Gasteiger partial charge in [0, 0.05) is 0 Å². The number of alkyl halides is 1. The molecule has 35 heavy (non-hydrogen) atoms. The number of unbranched alkanes of at least 4 members (excludes halogenated alkanes) is 1. The molecule has 0 aliphatic heterocycles. The lowest BCUT2D eigenvalue weighted by Gasteiger charge is -2.34. The van der Waals surface area contributed by atoms with Gasteiger partial charge < -0.3 is 0 Å². The van der Waals surface area contributed by atoms with Crippen LogP contribution in [0.4, 0.5) is 4.39 Å². The van der Waals surface area contributed by atoms with Gasteiger partial charge in [0.2, 0.25) is 0 Å². The molecule has 0 aliphatic carbocycles. The summed E-state index contributed by atoms with van der Waals surface area (Å²) in [5.41, 5.74) is 7.84. The molecule has 0 aromatic heterocycles. The van der Waals surface area contributed by atoms with Gasteiger partial charge >= 0.3 is 0 Å². The first kappa shape index (κ1) is 29.3. The molecule has 2 rings (SSSR count). The van der Waals surface area contributed by atoms with Crippen molar-refractivity contribution in [1.29, 1.82) is 0 Å². The van der Waals surface area contributed by atoms with E-state index in [0.29, 0.717) is 11.8 Å². The third kappa shape index (κ3) is 7.80. The van der Waals surface area contributed by atoms with Crippen LogP contribution in [0.5, 0.6) is 0 Å². The monoisotopic (exact) mass is 478 g/mol. The second kappa shape index (κ2) is 11.9. The molecule has 2 aromatic rings. The van der Waals surface area contributed by atoms with Gasteiger partial charge in [-0.15, -0.1) is 0 Å². The Morgan fingerprint density at radius 3 is 1.69 bits per heavy atom. The van der Waals surface area contributed by atoms with E-state index in [4.69, 9.17) is 0 Å². The highest BCUT2D eigenvalue weighted by Gasteiger charge is 2.36. The molecule has 1 atom stereocenters. The Bertz CT molecular complexity index is 982. The van der Waals surface area contributed by atoms with Crippen molar-refractivity contribution < 1.29 is 4.39 Å². The van der Waals surface area contributed by atoms with E-state index in [-0.39, 0.29) is 5.41 Å². The largest absolute Gasteiger partial charge is 0.244 e. The predicted octanol–water partition coefficient (Wildman–Crippen LogP) is 10.6. The Kier molecular flexibility index (Phi) is 9.97. The zero-order valence-electron chi connectivity index (χ0n) is 24.2. The molecule has 1 heteroatoms. The van der Waals surface area contributed by atoms with Crippen LogP contribution in [-0.4, -0.2) is 5.67 Å². The van der Waals surface area contributed by atoms with Gasteiger partial charge in [0.25, 0.3) is 0 Å². The molecule has 0 radical (unpaired) electrons. The molecule has 0 spiro atoms. The lowest BCUT2D eigenvalue weighted by molar-refractivity contribution is 0.0371. The smallest absolute Gasteiger partial charge is 0.113 e. The molecule has 0 N–H and O–H groups in total. The van der Waals surface area contributed by atoms with Crippen molar-refractivity contribution in [3.05, 3.63) is 76.4 Å². The minimum absolute atomic E-state index is 0.320. The summed E-state index contributed by atoms with van der Waals surface area (Å²) in [4.78, 5) is 0. The summed E-state index contributed by atoms with van der Waals surface area (Å²) in [6, 6.07) is 13.7. The molecule has 2 aromatic carbocycles. The number of aryl methyl sites for hydroxylation is 4. The van der Waals surface area contributed by atoms with Gasteiger partial charge in [-0.1, -0.05) is 97.4 Å². The molecular weight excluding hydrogens is 427 g/mol. The molecule has 0 amide bonds. The van der Waals surface area contributed by atoms with Crippen LogP contribution in [0.3, 0.4) is 0 Å². The first-order valence-electron chi connectivity index (χ1n) is 13.8. The molecule has 194 valence electrons. The summed E-state index contributed by atoms with van der Waals surface area (Å²) >= 11 is 0. The van der Waals surface area contributed by atoms with E-state index in [1.54, 1.807) is 6.92 Å². The SMILES string of the molecule is C=C(c1cc(CCCCC(C)(F)C(C)(C)C)ccc1C)c1cc(CCC(C)(CC)CC)ccc1C. The van der Waals surface area contributed by atoms with Crippen LogP contribution >= 0.6 is 0 Å². The normalized spacial score (nSPS) is 14.1. The molecule has 1 unspecified atom stereocenters. The zero-order chi connectivity index (χ0) is 26.4. The van der Waals surface area contributed by atoms with Crippen molar-refractivity contribution in [3.8, 4) is 0 Å². The highest BCUT2D eigenvalue weighted by molar-refractivity contribution is 5.81. The van der Waals surface area contributed by atoms with Crippen molar-refractivity contribution in [2.45, 2.75) is 119 Å². The van der Waals surface area contributed by atoms with Crippen LogP contribution in [-0.2, 0) is 12.8 Å². The van der Waals surface area contributed by atoms with E-state index in [0.717, 1.165) is 31.3 Å². The summed E-state index contributed by atoms with van der Waals surface area (Å²) in [6.07, 6.45) is 8.28. The van der Waals surface area contributed by atoms with Crippen molar-refractivity contribution >= 4 is 5.57 Å². The van der Waals surface area contributed by atoms with Crippen molar-refractivity contribution in [3.63, 3.8) is 0 Å². The quantitative estimate of drug-likeness (QED) is 0.266. The topological polar surface area (TPSA) is 0 Å². The Labute approximate surface area is 216 Å². The first-order chi connectivity index (χ1) is 16.2. The highest BCUT2D eigenvalue weighted by Crippen LogP contribution is 2.38. The molecule has 0 heterocycles. The van der Waals surface area contributed by atoms with Gasteiger partial charge in [-0.05, 0) is 109 Å². The molecule has 0 aliphatic rings. The molecule has 0 saturated heterocycles. The second-order valence-electron chi connectivity index (χ2n) is 12.4. The maximum atomic E-state index is 15.0. The highest BCUT2D eigenvalue weighted by atomic mass is 19.1. The molecular formula is C34H51F. The average Bonchev–Trinajstić information content (AvgIpc) is 2.81. The van der Waals surface area contributed by atoms with Gasteiger partial charge in [0.1, 0.15) is 5.67 Å². The van der Waals surface area contributed by atoms with Crippen LogP contribution in [0.2, 0.25) is 0 Å². The number of benzene rings is 2. The maximum Gasteiger partial charge on any atom is 0.113 e. The summed E-state index contributed by atoms with van der Waals surface area (Å²) in [6.45, 7) is 23.7. The Morgan fingerprint density at radius 1 is 0.743 bits per heavy atom. The van der Waals surface area contributed by atoms with Gasteiger partial charge in [-0.3, -0.25) is 0 Å². The van der Waals surface area contributed by atoms with E-state index in [2.05, 4.69) is 77.6 Å². The van der Waals surface area contributed by atoms with Crippen LogP contribution in [0.1, 0.15) is 120 Å². The van der Waals surface area contributed by atoms with E-state index >= 15 is 0 Å². The van der Waals surface area contributed by atoms with Crippen molar-refractivity contribution in [2.24, 2.45) is 10.8 Å². The van der Waals surface area contributed by atoms with Crippen LogP contribution in [0.25, 0.3) is 5.57 Å². The predicted molar refractivity (Wildman–Crippen MR) is 154 cm³/mol. The Morgan fingerprint density at radius 2 is 1.23 bits per heavy atom. The van der Waals surface area contributed by atoms with Crippen molar-refractivity contribution in [1.82, 2.24) is 0 Å². The zero-order valence-corrected chi connectivity index (χ0v) is 24.2. The van der Waals surface area contributed by atoms with E-state index in [1.807, 2.05) is 20.8 Å². The third-order valence-electron chi connectivity index (χ3n) is 8.90. The minimum Gasteiger partial charge on any atom is -0.244 e. The average molecular weight is 479 g/mol. The van der Waals surface area contributed by atoms with Gasteiger partial charge in [0.15, 0.2) is 0 Å². The number of halogens is 1. The summed E-state index contributed by atoms with van der Waals surface area (Å²) in [5.74, 6) is 0. The van der Waals surface area contributed by atoms with E-state index < -0.39 is 5.67 Å². The molecule has 0 bridgehead atoms. The molecule has 0 fully saturated rings.